The van der Waals surface area contributed by atoms with Crippen LogP contribution in [-0.2, 0) is 0 Å². The van der Waals surface area contributed by atoms with E-state index in [1.165, 1.54) is 51.4 Å². The lowest BCUT2D eigenvalue weighted by molar-refractivity contribution is -0.243. The van der Waals surface area contributed by atoms with Gasteiger partial charge in [-0.1, -0.05) is 20.3 Å². The Morgan fingerprint density at radius 1 is 1.04 bits per heavy atom. The zero-order valence-corrected chi connectivity index (χ0v) is 16.6. The van der Waals surface area contributed by atoms with E-state index in [0.29, 0.717) is 29.8 Å². The van der Waals surface area contributed by atoms with E-state index in [1.54, 1.807) is 0 Å². The summed E-state index contributed by atoms with van der Waals surface area (Å²) >= 11 is 1.92. The minimum absolute atomic E-state index is 0.0810. The van der Waals surface area contributed by atoms with Gasteiger partial charge in [-0.15, -0.1) is 0 Å². The smallest absolute Gasteiger partial charge is 0.0637 e. The number of rotatable bonds is 3. The maximum Gasteiger partial charge on any atom is 0.0637 e. The molecule has 0 amide bonds. The van der Waals surface area contributed by atoms with Gasteiger partial charge in [0.1, 0.15) is 0 Å². The molecule has 2 N–H and O–H groups in total. The van der Waals surface area contributed by atoms with E-state index < -0.39 is 0 Å². The molecule has 0 radical (unpaired) electrons. The molecule has 1 spiro atoms. The summed E-state index contributed by atoms with van der Waals surface area (Å²) in [6.45, 7) is 5.21. The minimum atomic E-state index is -0.0810. The van der Waals surface area contributed by atoms with E-state index in [2.05, 4.69) is 20.1 Å². The summed E-state index contributed by atoms with van der Waals surface area (Å²) < 4.78 is 0. The number of fused-ring (bicyclic) bond motifs is 3. The largest absolute Gasteiger partial charge is 0.396 e. The van der Waals surface area contributed by atoms with Crippen LogP contribution in [0.5, 0.6) is 0 Å². The Bertz CT molecular complexity index is 496. The second-order valence-corrected chi connectivity index (χ2v) is 11.1. The lowest BCUT2D eigenvalue weighted by atomic mass is 9.35. The summed E-state index contributed by atoms with van der Waals surface area (Å²) in [7, 11) is 0. The third-order valence-electron chi connectivity index (χ3n) is 9.33. The standard InChI is InChI=1S/C21H36O2S/c1-19(13-22)7-4-8-20(2)16(19)6-10-21-9-5-14(11-17(20)21)15(12-24-3)18(21)23/h14-18,22-23H,4-13H2,1-3H3/t14-,15+,16-,17+,18-,19+,20-,21+/m1/s1. The molecule has 3 heteroatoms. The summed E-state index contributed by atoms with van der Waals surface area (Å²) in [5, 5.41) is 21.5. The summed E-state index contributed by atoms with van der Waals surface area (Å²) in [5.41, 5.74) is 0.626. The van der Waals surface area contributed by atoms with Crippen LogP contribution in [0, 0.1) is 39.9 Å². The van der Waals surface area contributed by atoms with Crippen LogP contribution in [0.4, 0.5) is 0 Å². The fourth-order valence-corrected chi connectivity index (χ4v) is 9.06. The van der Waals surface area contributed by atoms with Crippen molar-refractivity contribution < 1.29 is 10.2 Å². The highest BCUT2D eigenvalue weighted by Crippen LogP contribution is 2.72. The summed E-state index contributed by atoms with van der Waals surface area (Å²) in [6.07, 6.45) is 12.2. The predicted octanol–water partition coefficient (Wildman–Crippen LogP) is 4.34. The monoisotopic (exact) mass is 352 g/mol. The topological polar surface area (TPSA) is 40.5 Å². The lowest BCUT2D eigenvalue weighted by Gasteiger charge is -2.70. The first-order valence-corrected chi connectivity index (χ1v) is 11.6. The summed E-state index contributed by atoms with van der Waals surface area (Å²) in [6, 6.07) is 0. The van der Waals surface area contributed by atoms with Gasteiger partial charge >= 0.3 is 0 Å². The molecular formula is C21H36O2S. The van der Waals surface area contributed by atoms with Gasteiger partial charge in [-0.25, -0.2) is 0 Å². The van der Waals surface area contributed by atoms with E-state index >= 15 is 0 Å². The van der Waals surface area contributed by atoms with E-state index in [9.17, 15) is 10.2 Å². The quantitative estimate of drug-likeness (QED) is 0.794. The van der Waals surface area contributed by atoms with Gasteiger partial charge in [-0.3, -0.25) is 0 Å². The van der Waals surface area contributed by atoms with Crippen molar-refractivity contribution in [3.05, 3.63) is 0 Å². The highest BCUT2D eigenvalue weighted by Gasteiger charge is 2.67. The lowest BCUT2D eigenvalue weighted by Crippen LogP contribution is -2.66. The van der Waals surface area contributed by atoms with E-state index in [0.717, 1.165) is 11.7 Å². The molecule has 8 atom stereocenters. The van der Waals surface area contributed by atoms with Gasteiger partial charge < -0.3 is 10.2 Å². The van der Waals surface area contributed by atoms with Crippen LogP contribution in [0.1, 0.15) is 65.2 Å². The molecule has 5 aliphatic carbocycles. The van der Waals surface area contributed by atoms with E-state index in [1.807, 2.05) is 11.8 Å². The van der Waals surface area contributed by atoms with Gasteiger partial charge in [-0.2, -0.15) is 11.8 Å². The SMILES string of the molecule is CSC[C@H]1[C@@H]2CC[C@@]3(CC[C@@H]4[C@](C)(CO)CCC[C@@]4(C)[C@@H]3C2)[C@@H]1O. The minimum Gasteiger partial charge on any atom is -0.396 e. The molecular weight excluding hydrogens is 316 g/mol. The van der Waals surface area contributed by atoms with Crippen LogP contribution >= 0.6 is 11.8 Å². The molecule has 0 aliphatic heterocycles. The molecule has 0 aromatic rings. The molecule has 2 bridgehead atoms. The Morgan fingerprint density at radius 2 is 1.79 bits per heavy atom. The van der Waals surface area contributed by atoms with Crippen molar-refractivity contribution in [2.45, 2.75) is 71.3 Å². The van der Waals surface area contributed by atoms with Gasteiger partial charge in [0.2, 0.25) is 0 Å². The van der Waals surface area contributed by atoms with Gasteiger partial charge in [0, 0.05) is 6.61 Å². The molecule has 5 saturated carbocycles. The van der Waals surface area contributed by atoms with Crippen molar-refractivity contribution in [1.82, 2.24) is 0 Å². The highest BCUT2D eigenvalue weighted by molar-refractivity contribution is 7.98. The molecule has 24 heavy (non-hydrogen) atoms. The first-order valence-electron chi connectivity index (χ1n) is 10.2. The van der Waals surface area contributed by atoms with Crippen molar-refractivity contribution in [2.75, 3.05) is 18.6 Å². The summed E-state index contributed by atoms with van der Waals surface area (Å²) in [5.74, 6) is 3.72. The van der Waals surface area contributed by atoms with Gasteiger partial charge in [0.15, 0.2) is 0 Å². The van der Waals surface area contributed by atoms with Crippen LogP contribution in [0.25, 0.3) is 0 Å². The Hall–Kier alpha value is 0.270. The Kier molecular flexibility index (Phi) is 4.34. The molecule has 5 fully saturated rings. The molecule has 5 rings (SSSR count). The van der Waals surface area contributed by atoms with Crippen molar-refractivity contribution in [1.29, 1.82) is 0 Å². The predicted molar refractivity (Wildman–Crippen MR) is 101 cm³/mol. The molecule has 2 nitrogen and oxygen atoms in total. The zero-order chi connectivity index (χ0) is 17.2. The van der Waals surface area contributed by atoms with Gasteiger partial charge in [0.25, 0.3) is 0 Å². The van der Waals surface area contributed by atoms with E-state index in [4.69, 9.17) is 0 Å². The Morgan fingerprint density at radius 3 is 2.50 bits per heavy atom. The molecule has 0 heterocycles. The Labute approximate surface area is 152 Å². The van der Waals surface area contributed by atoms with Crippen molar-refractivity contribution >= 4 is 11.8 Å². The van der Waals surface area contributed by atoms with Crippen LogP contribution in [0.15, 0.2) is 0 Å². The van der Waals surface area contributed by atoms with Gasteiger partial charge in [-0.05, 0) is 96.9 Å². The zero-order valence-electron chi connectivity index (χ0n) is 15.8. The molecule has 0 unspecified atom stereocenters. The van der Waals surface area contributed by atoms with Gasteiger partial charge in [0.05, 0.1) is 6.10 Å². The van der Waals surface area contributed by atoms with Crippen molar-refractivity contribution in [2.24, 2.45) is 39.9 Å². The van der Waals surface area contributed by atoms with Crippen LogP contribution < -0.4 is 0 Å². The second-order valence-electron chi connectivity index (χ2n) is 10.1. The number of thioether (sulfide) groups is 1. The third-order valence-corrected chi connectivity index (χ3v) is 10.0. The summed E-state index contributed by atoms with van der Waals surface area (Å²) in [4.78, 5) is 0. The van der Waals surface area contributed by atoms with Crippen LogP contribution in [-0.4, -0.2) is 34.9 Å². The molecule has 0 aromatic carbocycles. The molecule has 5 aliphatic rings. The fraction of sp³-hybridized carbons (Fsp3) is 1.00. The first kappa shape index (κ1) is 17.7. The normalized spacial score (nSPS) is 56.6. The molecule has 138 valence electrons. The molecule has 0 aromatic heterocycles. The third kappa shape index (κ3) is 2.16. The number of aliphatic hydroxyl groups excluding tert-OH is 2. The second kappa shape index (κ2) is 5.89. The average molecular weight is 353 g/mol. The molecule has 0 saturated heterocycles. The van der Waals surface area contributed by atoms with Crippen molar-refractivity contribution in [3.63, 3.8) is 0 Å². The van der Waals surface area contributed by atoms with Crippen molar-refractivity contribution in [3.8, 4) is 0 Å². The van der Waals surface area contributed by atoms with Crippen LogP contribution in [0.3, 0.4) is 0 Å². The maximum absolute atomic E-state index is 11.4. The average Bonchev–Trinajstić information content (AvgIpc) is 2.58. The number of aliphatic hydroxyl groups is 2. The maximum atomic E-state index is 11.4. The Balaban J connectivity index is 1.70. The fourth-order valence-electron chi connectivity index (χ4n) is 8.22. The number of hydrogen-bond acceptors (Lipinski definition) is 3. The first-order chi connectivity index (χ1) is 11.4. The van der Waals surface area contributed by atoms with E-state index in [-0.39, 0.29) is 16.9 Å². The number of hydrogen-bond donors (Lipinski definition) is 2. The van der Waals surface area contributed by atoms with Crippen LogP contribution in [0.2, 0.25) is 0 Å². The highest BCUT2D eigenvalue weighted by atomic mass is 32.2.